The molecule has 0 radical (unpaired) electrons. The first kappa shape index (κ1) is 14.3. The topological polar surface area (TPSA) is 20.2 Å². The van der Waals surface area contributed by atoms with Gasteiger partial charge >= 0.3 is 0 Å². The summed E-state index contributed by atoms with van der Waals surface area (Å²) < 4.78 is 0. The summed E-state index contributed by atoms with van der Waals surface area (Å²) in [5.74, 6) is 0. The zero-order valence-electron chi connectivity index (χ0n) is 12.4. The van der Waals surface area contributed by atoms with Crippen LogP contribution in [0.2, 0.25) is 0 Å². The summed E-state index contributed by atoms with van der Waals surface area (Å²) in [6.45, 7) is 6.73. The van der Waals surface area contributed by atoms with E-state index in [0.29, 0.717) is 0 Å². The van der Waals surface area contributed by atoms with Gasteiger partial charge in [0.15, 0.2) is 0 Å². The normalized spacial score (nSPS) is 20.8. The number of hydrogen-bond acceptors (Lipinski definition) is 1. The third-order valence-corrected chi connectivity index (χ3v) is 3.93. The lowest BCUT2D eigenvalue weighted by Gasteiger charge is -2.19. The molecule has 1 aromatic rings. The minimum atomic E-state index is -0.230. The Morgan fingerprint density at radius 3 is 2.42 bits per heavy atom. The van der Waals surface area contributed by atoms with E-state index in [1.165, 1.54) is 23.1 Å². The predicted molar refractivity (Wildman–Crippen MR) is 81.4 cm³/mol. The molecular formula is C18H26O. The Morgan fingerprint density at radius 2 is 1.79 bits per heavy atom. The van der Waals surface area contributed by atoms with Gasteiger partial charge in [0, 0.05) is 0 Å². The van der Waals surface area contributed by atoms with Crippen molar-refractivity contribution in [1.82, 2.24) is 0 Å². The van der Waals surface area contributed by atoms with Crippen LogP contribution in [0.4, 0.5) is 0 Å². The van der Waals surface area contributed by atoms with Gasteiger partial charge in [-0.1, -0.05) is 63.1 Å². The van der Waals surface area contributed by atoms with Crippen molar-refractivity contribution in [2.24, 2.45) is 0 Å². The van der Waals surface area contributed by atoms with Gasteiger partial charge in [0.05, 0.1) is 6.10 Å². The van der Waals surface area contributed by atoms with E-state index in [9.17, 15) is 5.11 Å². The Bertz CT molecular complexity index is 434. The highest BCUT2D eigenvalue weighted by Gasteiger charge is 2.13. The molecule has 1 aliphatic carbocycles. The molecule has 1 N–H and O–H groups in total. The molecule has 0 bridgehead atoms. The Hall–Kier alpha value is -1.08. The van der Waals surface area contributed by atoms with E-state index in [2.05, 4.69) is 51.1 Å². The van der Waals surface area contributed by atoms with Crippen molar-refractivity contribution in [3.05, 3.63) is 47.0 Å². The molecule has 0 fully saturated rings. The van der Waals surface area contributed by atoms with E-state index >= 15 is 0 Å². The smallest absolute Gasteiger partial charge is 0.0723 e. The predicted octanol–water partition coefficient (Wildman–Crippen LogP) is 4.39. The molecule has 1 unspecified atom stereocenters. The van der Waals surface area contributed by atoms with Gasteiger partial charge in [0.2, 0.25) is 0 Å². The fourth-order valence-corrected chi connectivity index (χ4v) is 2.68. The molecule has 0 saturated heterocycles. The minimum absolute atomic E-state index is 0.219. The molecule has 0 spiro atoms. The number of hydrogen-bond donors (Lipinski definition) is 1. The summed E-state index contributed by atoms with van der Waals surface area (Å²) in [5.41, 5.74) is 4.35. The van der Waals surface area contributed by atoms with Crippen molar-refractivity contribution in [2.75, 3.05) is 0 Å². The van der Waals surface area contributed by atoms with Crippen molar-refractivity contribution in [2.45, 2.75) is 64.4 Å². The SMILES string of the molecule is CC(C)(C)c1ccc(CC2=CC(O)CCCC2)cc1. The van der Waals surface area contributed by atoms with Gasteiger partial charge in [-0.15, -0.1) is 0 Å². The van der Waals surface area contributed by atoms with E-state index in [-0.39, 0.29) is 11.5 Å². The van der Waals surface area contributed by atoms with Crippen LogP contribution in [0.5, 0.6) is 0 Å². The van der Waals surface area contributed by atoms with E-state index in [1.807, 2.05) is 0 Å². The maximum atomic E-state index is 9.81. The molecule has 2 rings (SSSR count). The molecule has 0 aromatic heterocycles. The summed E-state index contributed by atoms with van der Waals surface area (Å²) in [7, 11) is 0. The summed E-state index contributed by atoms with van der Waals surface area (Å²) in [6, 6.07) is 8.95. The molecule has 1 heteroatoms. The maximum absolute atomic E-state index is 9.81. The largest absolute Gasteiger partial charge is 0.389 e. The lowest BCUT2D eigenvalue weighted by atomic mass is 9.86. The molecule has 0 aliphatic heterocycles. The first-order chi connectivity index (χ1) is 8.95. The van der Waals surface area contributed by atoms with Gasteiger partial charge < -0.3 is 5.11 Å². The number of allylic oxidation sites excluding steroid dienone is 1. The number of rotatable bonds is 2. The molecule has 0 amide bonds. The van der Waals surface area contributed by atoms with Crippen molar-refractivity contribution < 1.29 is 5.11 Å². The molecule has 1 aromatic carbocycles. The van der Waals surface area contributed by atoms with E-state index in [1.54, 1.807) is 0 Å². The number of benzene rings is 1. The quantitative estimate of drug-likeness (QED) is 0.780. The second kappa shape index (κ2) is 5.92. The van der Waals surface area contributed by atoms with Crippen LogP contribution in [-0.4, -0.2) is 11.2 Å². The lowest BCUT2D eigenvalue weighted by molar-refractivity contribution is 0.211. The van der Waals surface area contributed by atoms with Gasteiger partial charge in [-0.3, -0.25) is 0 Å². The maximum Gasteiger partial charge on any atom is 0.0723 e. The van der Waals surface area contributed by atoms with Crippen molar-refractivity contribution in [1.29, 1.82) is 0 Å². The Kier molecular flexibility index (Phi) is 4.46. The van der Waals surface area contributed by atoms with Crippen LogP contribution in [0.25, 0.3) is 0 Å². The van der Waals surface area contributed by atoms with Crippen LogP contribution in [-0.2, 0) is 11.8 Å². The van der Waals surface area contributed by atoms with Gasteiger partial charge in [0.1, 0.15) is 0 Å². The third-order valence-electron chi connectivity index (χ3n) is 3.93. The summed E-state index contributed by atoms with van der Waals surface area (Å²) in [5, 5.41) is 9.81. The fraction of sp³-hybridized carbons (Fsp3) is 0.556. The monoisotopic (exact) mass is 258 g/mol. The molecule has 104 valence electrons. The highest BCUT2D eigenvalue weighted by atomic mass is 16.3. The van der Waals surface area contributed by atoms with Crippen molar-refractivity contribution in [3.8, 4) is 0 Å². The average molecular weight is 258 g/mol. The first-order valence-corrected chi connectivity index (χ1v) is 7.42. The minimum Gasteiger partial charge on any atom is -0.389 e. The van der Waals surface area contributed by atoms with Crippen LogP contribution in [0.1, 0.15) is 57.6 Å². The van der Waals surface area contributed by atoms with Gasteiger partial charge in [0.25, 0.3) is 0 Å². The average Bonchev–Trinajstić information content (AvgIpc) is 2.53. The fourth-order valence-electron chi connectivity index (χ4n) is 2.68. The Morgan fingerprint density at radius 1 is 1.11 bits per heavy atom. The molecule has 1 nitrogen and oxygen atoms in total. The lowest BCUT2D eigenvalue weighted by Crippen LogP contribution is -2.10. The summed E-state index contributed by atoms with van der Waals surface area (Å²) in [6.07, 6.45) is 7.25. The molecule has 19 heavy (non-hydrogen) atoms. The first-order valence-electron chi connectivity index (χ1n) is 7.42. The van der Waals surface area contributed by atoms with Crippen LogP contribution in [0.15, 0.2) is 35.9 Å². The highest BCUT2D eigenvalue weighted by Crippen LogP contribution is 2.25. The zero-order valence-corrected chi connectivity index (χ0v) is 12.4. The molecule has 1 aliphatic rings. The second-order valence-corrected chi connectivity index (χ2v) is 6.76. The Labute approximate surface area is 117 Å². The van der Waals surface area contributed by atoms with Crippen LogP contribution < -0.4 is 0 Å². The summed E-state index contributed by atoms with van der Waals surface area (Å²) >= 11 is 0. The molecular weight excluding hydrogens is 232 g/mol. The van der Waals surface area contributed by atoms with Crippen LogP contribution >= 0.6 is 0 Å². The van der Waals surface area contributed by atoms with Gasteiger partial charge in [-0.05, 0) is 42.2 Å². The standard InChI is InChI=1S/C18H26O/c1-18(2,3)16-10-8-14(9-11-16)12-15-6-4-5-7-17(19)13-15/h8-11,13,17,19H,4-7,12H2,1-3H3. The van der Waals surface area contributed by atoms with E-state index in [0.717, 1.165) is 25.7 Å². The van der Waals surface area contributed by atoms with Crippen molar-refractivity contribution in [3.63, 3.8) is 0 Å². The van der Waals surface area contributed by atoms with Gasteiger partial charge in [-0.2, -0.15) is 0 Å². The van der Waals surface area contributed by atoms with Gasteiger partial charge in [-0.25, -0.2) is 0 Å². The Balaban J connectivity index is 2.07. The molecule has 0 saturated carbocycles. The zero-order chi connectivity index (χ0) is 13.9. The summed E-state index contributed by atoms with van der Waals surface area (Å²) in [4.78, 5) is 0. The van der Waals surface area contributed by atoms with Crippen LogP contribution in [0.3, 0.4) is 0 Å². The molecule has 1 atom stereocenters. The molecule has 0 heterocycles. The highest BCUT2D eigenvalue weighted by molar-refractivity contribution is 5.30. The van der Waals surface area contributed by atoms with E-state index < -0.39 is 0 Å². The van der Waals surface area contributed by atoms with Crippen molar-refractivity contribution >= 4 is 0 Å². The van der Waals surface area contributed by atoms with E-state index in [4.69, 9.17) is 0 Å². The van der Waals surface area contributed by atoms with Crippen LogP contribution in [0, 0.1) is 0 Å². The second-order valence-electron chi connectivity index (χ2n) is 6.76. The number of aliphatic hydroxyl groups is 1. The number of aliphatic hydroxyl groups excluding tert-OH is 1. The third kappa shape index (κ3) is 4.21.